The van der Waals surface area contributed by atoms with Crippen LogP contribution in [0.5, 0.6) is 0 Å². The number of fused-ring (bicyclic) bond motifs is 1. The maximum Gasteiger partial charge on any atom is 0.485 e. The van der Waals surface area contributed by atoms with E-state index >= 15 is 0 Å². The van der Waals surface area contributed by atoms with E-state index in [1.54, 1.807) is 0 Å². The molecule has 0 radical (unpaired) electrons. The molecule has 1 saturated heterocycles. The molecule has 1 unspecified atom stereocenters. The predicted molar refractivity (Wildman–Crippen MR) is 70.0 cm³/mol. The van der Waals surface area contributed by atoms with Crippen molar-refractivity contribution in [1.29, 1.82) is 0 Å². The van der Waals surface area contributed by atoms with Gasteiger partial charge in [0.05, 0.1) is 0 Å². The van der Waals surface area contributed by atoms with Crippen molar-refractivity contribution in [2.45, 2.75) is 24.1 Å². The van der Waals surface area contributed by atoms with E-state index in [-0.39, 0.29) is 10.9 Å². The lowest BCUT2D eigenvalue weighted by Crippen LogP contribution is -2.38. The molecule has 1 fully saturated rings. The average molecular weight is 354 g/mol. The lowest BCUT2D eigenvalue weighted by Gasteiger charge is -2.25. The highest BCUT2D eigenvalue weighted by atomic mass is 32.2. The van der Waals surface area contributed by atoms with Crippen LogP contribution in [0.1, 0.15) is 6.42 Å². The Morgan fingerprint density at radius 3 is 2.45 bits per heavy atom. The second-order valence-corrected chi connectivity index (χ2v) is 8.94. The molecule has 2 aliphatic rings. The predicted octanol–water partition coefficient (Wildman–Crippen LogP) is 0.370. The van der Waals surface area contributed by atoms with Crippen molar-refractivity contribution in [3.63, 3.8) is 0 Å². The minimum absolute atomic E-state index is 0.261. The Labute approximate surface area is 121 Å². The molecular weight excluding hydrogens is 341 g/mol. The fourth-order valence-electron chi connectivity index (χ4n) is 1.45. The molecule has 0 aromatic heterocycles. The zero-order chi connectivity index (χ0) is 15.6. The van der Waals surface area contributed by atoms with E-state index in [4.69, 9.17) is 13.0 Å². The van der Waals surface area contributed by atoms with Crippen LogP contribution < -0.4 is 0 Å². The lowest BCUT2D eigenvalue weighted by molar-refractivity contribution is -0.0517. The fourth-order valence-corrected chi connectivity index (χ4v) is 5.70. The molecule has 0 amide bonds. The van der Waals surface area contributed by atoms with Gasteiger partial charge in [0.25, 0.3) is 0 Å². The summed E-state index contributed by atoms with van der Waals surface area (Å²) in [6.45, 7) is 0. The second kappa shape index (κ2) is 6.88. The molecular formula is C9H13F3O5S3. The smallest absolute Gasteiger partial charge is 0.485 e. The van der Waals surface area contributed by atoms with Crippen molar-refractivity contribution in [1.82, 2.24) is 0 Å². The van der Waals surface area contributed by atoms with Gasteiger partial charge in [-0.1, -0.05) is 11.8 Å². The van der Waals surface area contributed by atoms with Crippen LogP contribution in [0, 0.1) is 0 Å². The number of halogens is 3. The molecule has 2 rings (SSSR count). The molecule has 0 aliphatic carbocycles. The zero-order valence-electron chi connectivity index (χ0n) is 10.0. The van der Waals surface area contributed by atoms with Crippen molar-refractivity contribution < 1.29 is 36.4 Å². The zero-order valence-corrected chi connectivity index (χ0v) is 12.5. The van der Waals surface area contributed by atoms with Gasteiger partial charge in [-0.05, 0) is 0 Å². The molecule has 20 heavy (non-hydrogen) atoms. The number of thioether (sulfide) groups is 1. The standard InChI is InChI=1S/C8H13O2S2.CHF3O3S/c9-6-4-8-11-2-1-3-12(8)5-7(6)10;2-1(3,4)8(5,6)7/h4,6-7,9-10H,1-3,5H2;(H,5,6,7)/q+1;/p-1/t6-,7+,12?;/m1./s1. The normalized spacial score (nSPS) is 30.7. The SMILES string of the molecule is O=S(=O)([O-])C(F)(F)F.O[C@@H]1C=C2SCCC[S+]2C[C@@H]1O. The Morgan fingerprint density at radius 1 is 1.40 bits per heavy atom. The molecule has 11 heteroatoms. The highest BCUT2D eigenvalue weighted by molar-refractivity contribution is 8.21. The van der Waals surface area contributed by atoms with Crippen LogP contribution in [0.2, 0.25) is 0 Å². The monoisotopic (exact) mass is 354 g/mol. The summed E-state index contributed by atoms with van der Waals surface area (Å²) in [4.78, 5) is 0. The average Bonchev–Trinajstić information content (AvgIpc) is 2.29. The van der Waals surface area contributed by atoms with Gasteiger partial charge < -0.3 is 14.8 Å². The van der Waals surface area contributed by atoms with Gasteiger partial charge in [-0.25, -0.2) is 8.42 Å². The van der Waals surface area contributed by atoms with E-state index in [1.165, 1.54) is 22.2 Å². The second-order valence-electron chi connectivity index (χ2n) is 4.01. The van der Waals surface area contributed by atoms with Crippen LogP contribution in [-0.2, 0) is 21.0 Å². The summed E-state index contributed by atoms with van der Waals surface area (Å²) in [5, 5.41) is 18.8. The van der Waals surface area contributed by atoms with Crippen molar-refractivity contribution in [3.8, 4) is 0 Å². The maximum absolute atomic E-state index is 10.7. The molecule has 3 atom stereocenters. The van der Waals surface area contributed by atoms with E-state index < -0.39 is 27.8 Å². The molecule has 5 nitrogen and oxygen atoms in total. The Bertz CT molecular complexity index is 462. The summed E-state index contributed by atoms with van der Waals surface area (Å²) < 4.78 is 60.2. The molecule has 0 bridgehead atoms. The van der Waals surface area contributed by atoms with E-state index in [9.17, 15) is 23.4 Å². The van der Waals surface area contributed by atoms with Crippen molar-refractivity contribution in [2.75, 3.05) is 17.3 Å². The van der Waals surface area contributed by atoms with Crippen LogP contribution in [0.25, 0.3) is 0 Å². The Balaban J connectivity index is 0.000000221. The van der Waals surface area contributed by atoms with Gasteiger partial charge in [-0.3, -0.25) is 0 Å². The van der Waals surface area contributed by atoms with E-state index in [1.807, 2.05) is 17.8 Å². The van der Waals surface area contributed by atoms with Crippen molar-refractivity contribution >= 4 is 32.8 Å². The topological polar surface area (TPSA) is 97.7 Å². The lowest BCUT2D eigenvalue weighted by atomic mass is 10.2. The van der Waals surface area contributed by atoms with Crippen LogP contribution in [0.4, 0.5) is 13.2 Å². The number of alkyl halides is 3. The van der Waals surface area contributed by atoms with Crippen LogP contribution in [0.15, 0.2) is 10.3 Å². The van der Waals surface area contributed by atoms with E-state index in [0.29, 0.717) is 0 Å². The summed E-state index contributed by atoms with van der Waals surface area (Å²) in [7, 11) is -5.83. The van der Waals surface area contributed by atoms with Gasteiger partial charge in [-0.15, -0.1) is 0 Å². The Hall–Kier alpha value is 0.0600. The highest BCUT2D eigenvalue weighted by Crippen LogP contribution is 2.35. The summed E-state index contributed by atoms with van der Waals surface area (Å²) in [5.41, 5.74) is -5.65. The molecule has 0 saturated carbocycles. The third-order valence-electron chi connectivity index (χ3n) is 2.42. The Kier molecular flexibility index (Phi) is 6.23. The highest BCUT2D eigenvalue weighted by Gasteiger charge is 2.38. The first-order valence-electron chi connectivity index (χ1n) is 5.43. The number of aliphatic hydroxyl groups excluding tert-OH is 2. The molecule has 0 aromatic carbocycles. The summed E-state index contributed by atoms with van der Waals surface area (Å²) >= 11 is 1.86. The van der Waals surface area contributed by atoms with Gasteiger partial charge in [0, 0.05) is 29.1 Å². The molecule has 2 N–H and O–H groups in total. The van der Waals surface area contributed by atoms with Gasteiger partial charge in [0.1, 0.15) is 23.7 Å². The summed E-state index contributed by atoms with van der Waals surface area (Å²) in [5.74, 6) is 3.17. The third-order valence-corrected chi connectivity index (χ3v) is 7.19. The van der Waals surface area contributed by atoms with Crippen molar-refractivity contribution in [3.05, 3.63) is 10.3 Å². The van der Waals surface area contributed by atoms with Crippen molar-refractivity contribution in [2.24, 2.45) is 0 Å². The fraction of sp³-hybridized carbons (Fsp3) is 0.778. The van der Waals surface area contributed by atoms with Gasteiger partial charge in [-0.2, -0.15) is 13.2 Å². The van der Waals surface area contributed by atoms with Crippen LogP contribution in [0.3, 0.4) is 0 Å². The maximum atomic E-state index is 10.7. The minimum Gasteiger partial charge on any atom is -0.741 e. The third kappa shape index (κ3) is 5.11. The quantitative estimate of drug-likeness (QED) is 0.371. The summed E-state index contributed by atoms with van der Waals surface area (Å²) in [6, 6.07) is 0. The van der Waals surface area contributed by atoms with E-state index in [2.05, 4.69) is 0 Å². The van der Waals surface area contributed by atoms with Crippen LogP contribution in [-0.4, -0.2) is 58.2 Å². The van der Waals surface area contributed by atoms with Gasteiger partial charge in [0.15, 0.2) is 14.4 Å². The molecule has 2 aliphatic heterocycles. The first-order valence-corrected chi connectivity index (χ1v) is 9.38. The molecule has 2 heterocycles. The molecule has 0 spiro atoms. The van der Waals surface area contributed by atoms with Gasteiger partial charge in [0.2, 0.25) is 0 Å². The van der Waals surface area contributed by atoms with Gasteiger partial charge >= 0.3 is 5.51 Å². The first kappa shape index (κ1) is 18.1. The summed E-state index contributed by atoms with van der Waals surface area (Å²) in [6.07, 6.45) is 1.97. The number of hydrogen-bond acceptors (Lipinski definition) is 6. The van der Waals surface area contributed by atoms with E-state index in [0.717, 1.165) is 5.75 Å². The largest absolute Gasteiger partial charge is 0.741 e. The number of hydrogen-bond donors (Lipinski definition) is 2. The van der Waals surface area contributed by atoms with Crippen LogP contribution >= 0.6 is 11.8 Å². The molecule has 0 aromatic rings. The number of rotatable bonds is 0. The first-order chi connectivity index (χ1) is 9.02. The Morgan fingerprint density at radius 2 is 1.95 bits per heavy atom. The molecule has 118 valence electrons. The minimum atomic E-state index is -6.09. The number of aliphatic hydroxyl groups is 2.